The molecule has 0 saturated carbocycles. The number of hydrogen-bond donors (Lipinski definition) is 15. The number of amides is 11. The smallest absolute Gasteiger partial charge is 0.291 e. The summed E-state index contributed by atoms with van der Waals surface area (Å²) in [5.41, 5.74) is 7.70. The average molecular weight is 1740 g/mol. The molecule has 1 aliphatic heterocycles. The fraction of sp³-hybridized carbons (Fsp3) is 0.265. The number of anilines is 8. The van der Waals surface area contributed by atoms with Crippen molar-refractivity contribution in [2.45, 2.75) is 38.1 Å². The van der Waals surface area contributed by atoms with Crippen molar-refractivity contribution in [1.82, 2.24) is 78.1 Å². The Labute approximate surface area is 723 Å². The molecule has 1 unspecified atom stereocenters. The number of carboxylic acids is 1. The highest BCUT2D eigenvalue weighted by atomic mass is 32.1. The van der Waals surface area contributed by atoms with E-state index in [0.717, 1.165) is 19.5 Å². The van der Waals surface area contributed by atoms with Gasteiger partial charge < -0.3 is 136 Å². The Morgan fingerprint density at radius 2 is 0.929 bits per heavy atom. The topological polar surface area (TPSA) is 548 Å². The van der Waals surface area contributed by atoms with Crippen LogP contribution in [0.1, 0.15) is 127 Å². The maximum absolute atomic E-state index is 13.5. The number of aromatic carboxylic acids is 1. The number of rotatable bonds is 36. The first-order valence-corrected chi connectivity index (χ1v) is 39.9. The van der Waals surface area contributed by atoms with Crippen LogP contribution in [0.2, 0.25) is 0 Å². The van der Waals surface area contributed by atoms with Gasteiger partial charge in [0.15, 0.2) is 34.0 Å². The molecule has 42 nitrogen and oxygen atoms in total. The summed E-state index contributed by atoms with van der Waals surface area (Å²) < 4.78 is 17.8. The minimum Gasteiger partial charge on any atom is -0.872 e. The third-order valence-corrected chi connectivity index (χ3v) is 20.4. The quantitative estimate of drug-likeness (QED) is 0.0147. The molecule has 126 heavy (non-hydrogen) atoms. The number of nitrogens with one attached hydrogen (secondary N) is 14. The molecule has 1 aliphatic carbocycles. The molecule has 0 saturated heterocycles. The third kappa shape index (κ3) is 22.1. The molecule has 0 bridgehead atoms. The van der Waals surface area contributed by atoms with Crippen LogP contribution >= 0.6 is 12.2 Å². The number of quaternary nitrogens is 2. The van der Waals surface area contributed by atoms with Gasteiger partial charge in [0.2, 0.25) is 23.5 Å². The van der Waals surface area contributed by atoms with E-state index in [0.29, 0.717) is 64.3 Å². The van der Waals surface area contributed by atoms with E-state index in [1.807, 2.05) is 7.05 Å². The molecule has 10 aromatic rings. The molecular formula is C83H92N26O16S. The minimum absolute atomic E-state index is 0.0260. The van der Waals surface area contributed by atoms with E-state index in [1.54, 1.807) is 107 Å². The van der Waals surface area contributed by atoms with Gasteiger partial charge in [-0.15, -0.1) is 5.75 Å². The Balaban J connectivity index is 0.511. The summed E-state index contributed by atoms with van der Waals surface area (Å²) >= 11 is 5.53. The predicted octanol–water partition coefficient (Wildman–Crippen LogP) is 0.802. The zero-order valence-corrected chi connectivity index (χ0v) is 70.7. The van der Waals surface area contributed by atoms with Gasteiger partial charge in [0.1, 0.15) is 39.8 Å². The second-order valence-electron chi connectivity index (χ2n) is 29.9. The largest absolute Gasteiger partial charge is 0.872 e. The van der Waals surface area contributed by atoms with Gasteiger partial charge in [0.05, 0.1) is 54.5 Å². The molecule has 9 heterocycles. The van der Waals surface area contributed by atoms with Crippen molar-refractivity contribution in [2.75, 3.05) is 95.4 Å². The number of thiocarbonyl (C=S) groups is 1. The maximum Gasteiger partial charge on any atom is 0.291 e. The predicted molar refractivity (Wildman–Crippen MR) is 463 cm³/mol. The van der Waals surface area contributed by atoms with Crippen LogP contribution in [0.3, 0.4) is 0 Å². The highest BCUT2D eigenvalue weighted by Crippen LogP contribution is 2.42. The molecule has 2 atom stereocenters. The van der Waals surface area contributed by atoms with Gasteiger partial charge in [0.25, 0.3) is 53.2 Å². The first-order valence-electron chi connectivity index (χ1n) is 39.5. The summed E-state index contributed by atoms with van der Waals surface area (Å²) in [7, 11) is 14.9. The molecule has 0 fully saturated rings. The number of carbonyl (C=O) groups excluding carboxylic acids is 12. The highest BCUT2D eigenvalue weighted by molar-refractivity contribution is 7.80. The summed E-state index contributed by atoms with van der Waals surface area (Å²) in [6.07, 6.45) is 14.9. The molecule has 12 rings (SSSR count). The van der Waals surface area contributed by atoms with Crippen molar-refractivity contribution in [3.8, 4) is 28.2 Å². The summed E-state index contributed by atoms with van der Waals surface area (Å²) in [4.78, 5) is 184. The van der Waals surface area contributed by atoms with Crippen LogP contribution in [-0.4, -0.2) is 186 Å². The molecule has 17 N–H and O–H groups in total. The second-order valence-corrected chi connectivity index (χ2v) is 30.3. The van der Waals surface area contributed by atoms with Crippen LogP contribution in [0.25, 0.3) is 33.4 Å². The van der Waals surface area contributed by atoms with Gasteiger partial charge in [-0.05, 0) is 78.4 Å². The lowest BCUT2D eigenvalue weighted by Gasteiger charge is -2.20. The number of nitrogens with zero attached hydrogens (tertiary/aromatic N) is 11. The normalized spacial score (nSPS) is 11.6. The van der Waals surface area contributed by atoms with Crippen LogP contribution in [0.5, 0.6) is 5.75 Å². The first-order chi connectivity index (χ1) is 60.1. The zero-order chi connectivity index (χ0) is 90.5. The number of aromatic nitrogens is 11. The summed E-state index contributed by atoms with van der Waals surface area (Å²) in [6.45, 7) is 2.35. The Hall–Kier alpha value is -15.8. The molecule has 2 aliphatic rings. The number of aryl methyl sites for hydroxylation is 8. The number of benzene rings is 3. The lowest BCUT2D eigenvalue weighted by atomic mass is 9.90. The van der Waals surface area contributed by atoms with E-state index in [1.165, 1.54) is 131 Å². The van der Waals surface area contributed by atoms with Gasteiger partial charge in [-0.25, -0.2) is 15.0 Å². The standard InChI is InChI=1S/C83H92N26O16S/c1-101(28-11-22-90-83(126)96-45-12-15-53(56(30-45)82(123)124)69-54-16-13-51(110)36-63(54)125-64-37-52(111)14-17-55(64)69)27-10-21-86-74(115)58-32-48(40-103(58)3)93-76(117)60-31-46(38-105(60)5)91-67(112)19-24-89-80(121)71-99-66(44-108(71)8)100-78(119)62-34-47(39-107(62)7)92-73(114)57(84)18-23-87-75(116)59-33-49(41-104(59)4)94-77(118)61-35-50(42-106(61)6)95-81(122)72-98-65(43-109(72)9)97-68(113)20-25-88-79(120)70-85-26-29-102(70)2/h12-17,26,29-44,57,110H,10-11,18-25,27-28,84H2,1-9H3,(H,86,115)(H,87,116)(H,88,120)(H,89,121)(H,91,112)(H,92,114)(H,93,117)(H,94,118)(H,95,122)(H,97,113)(H,100,119)(H,123,124)(H2,90,96,126)/t57-/m1/s1. The molecule has 0 spiro atoms. The molecule has 2 aromatic carbocycles. The molecule has 11 amide bonds. The van der Waals surface area contributed by atoms with Gasteiger partial charge in [0, 0.05) is 211 Å². The van der Waals surface area contributed by atoms with Crippen LogP contribution in [0.4, 0.5) is 45.8 Å². The van der Waals surface area contributed by atoms with E-state index in [2.05, 4.69) is 89.8 Å². The van der Waals surface area contributed by atoms with Gasteiger partial charge in [-0.2, -0.15) is 0 Å². The van der Waals surface area contributed by atoms with Gasteiger partial charge >= 0.3 is 0 Å². The van der Waals surface area contributed by atoms with Crippen molar-refractivity contribution in [2.24, 2.45) is 56.4 Å². The number of carboxylic acid groups (broad SMARTS) is 1. The SMILES string of the molecule is Cn1cc(NC(=O)c2cc(NC(=O)CCNC(=O)c3nc(NC(=O)c4cc(NC(=O)[C@H]([NH3+])CCNC(=O)c5cc(NC(=O)c6cc(NC(=O)c7nc(NC(=O)CCNC(=O)c8nccn8C)cn7C)cn6C)cn5C)cn4C)cn3C)cn2C)cc1C(=O)NCCC[NH+](C)CCCNC(=S)Nc1ccc(-c2c3ccc(=O)cc-3oc3cc([O-])ccc23)c(C(=O)[O-])c1. The van der Waals surface area contributed by atoms with E-state index >= 15 is 0 Å². The zero-order valence-electron chi connectivity index (χ0n) is 69.9. The lowest BCUT2D eigenvalue weighted by Crippen LogP contribution is -3.09. The minimum atomic E-state index is -1.45. The fourth-order valence-electron chi connectivity index (χ4n) is 13.8. The summed E-state index contributed by atoms with van der Waals surface area (Å²) in [5.74, 6) is -7.11. The number of hydrogen-bond acceptors (Lipinski definition) is 20. The van der Waals surface area contributed by atoms with Crippen molar-refractivity contribution in [3.63, 3.8) is 0 Å². The van der Waals surface area contributed by atoms with Crippen LogP contribution in [-0.2, 0) is 70.8 Å². The Bertz CT molecular complexity index is 6280. The fourth-order valence-corrected chi connectivity index (χ4v) is 14.0. The Morgan fingerprint density at radius 3 is 1.48 bits per heavy atom. The maximum atomic E-state index is 13.5. The molecule has 0 radical (unpaired) electrons. The molecular weight excluding hydrogens is 1650 g/mol. The van der Waals surface area contributed by atoms with Crippen LogP contribution in [0, 0.1) is 0 Å². The average Bonchev–Trinajstić information content (AvgIpc) is 1.08. The number of imidazole rings is 3. The molecule has 8 aromatic heterocycles. The van der Waals surface area contributed by atoms with Crippen LogP contribution < -0.4 is 95.4 Å². The Morgan fingerprint density at radius 1 is 0.460 bits per heavy atom. The van der Waals surface area contributed by atoms with Gasteiger partial charge in [-0.1, -0.05) is 18.2 Å². The van der Waals surface area contributed by atoms with Crippen molar-refractivity contribution < 1.29 is 82.8 Å². The van der Waals surface area contributed by atoms with Gasteiger partial charge in [-0.3, -0.25) is 57.5 Å². The van der Waals surface area contributed by atoms with E-state index < -0.39 is 71.1 Å². The first kappa shape index (κ1) is 89.5. The van der Waals surface area contributed by atoms with E-state index in [9.17, 15) is 72.5 Å². The number of fused-ring (bicyclic) bond motifs is 2. The van der Waals surface area contributed by atoms with E-state index in [-0.39, 0.29) is 147 Å². The van der Waals surface area contributed by atoms with Crippen molar-refractivity contribution >= 4 is 145 Å². The van der Waals surface area contributed by atoms with E-state index in [4.69, 9.17) is 16.6 Å². The summed E-state index contributed by atoms with van der Waals surface area (Å²) in [5, 5.41) is 61.7. The van der Waals surface area contributed by atoms with Crippen molar-refractivity contribution in [1.29, 1.82) is 0 Å². The number of carbonyl (C=O) groups is 12. The second kappa shape index (κ2) is 39.4. The third-order valence-electron chi connectivity index (χ3n) is 20.2. The molecule has 43 heteroatoms. The van der Waals surface area contributed by atoms with Crippen LogP contribution in [0.15, 0.2) is 150 Å². The molecule has 656 valence electrons. The monoisotopic (exact) mass is 1740 g/mol. The highest BCUT2D eigenvalue weighted by Gasteiger charge is 2.28. The summed E-state index contributed by atoms with van der Waals surface area (Å²) in [6, 6.07) is 19.5. The van der Waals surface area contributed by atoms with Crippen molar-refractivity contribution in [3.05, 3.63) is 202 Å². The lowest BCUT2D eigenvalue weighted by molar-refractivity contribution is -0.879. The Kier molecular flexibility index (Phi) is 28.0.